The van der Waals surface area contributed by atoms with Crippen molar-refractivity contribution >= 4 is 11.8 Å². The maximum atomic E-state index is 3.94. The van der Waals surface area contributed by atoms with Gasteiger partial charge in [0.15, 0.2) is 0 Å². The normalized spacial score (nSPS) is 12.4. The van der Waals surface area contributed by atoms with E-state index < -0.39 is 0 Å². The van der Waals surface area contributed by atoms with Gasteiger partial charge in [-0.25, -0.2) is 0 Å². The van der Waals surface area contributed by atoms with Gasteiger partial charge < -0.3 is 5.32 Å². The number of rotatable bonds is 8. The predicted molar refractivity (Wildman–Crippen MR) is 83.3 cm³/mol. The Morgan fingerprint density at radius 1 is 1.44 bits per heavy atom. The largest absolute Gasteiger partial charge is 0.310 e. The van der Waals surface area contributed by atoms with Crippen molar-refractivity contribution in [2.24, 2.45) is 0 Å². The molecule has 0 radical (unpaired) electrons. The quantitative estimate of drug-likeness (QED) is 0.534. The van der Waals surface area contributed by atoms with E-state index in [1.165, 1.54) is 22.5 Å². The molecule has 0 amide bonds. The zero-order valence-corrected chi connectivity index (χ0v) is 12.6. The van der Waals surface area contributed by atoms with Crippen LogP contribution in [-0.2, 0) is 0 Å². The average Bonchev–Trinajstić information content (AvgIpc) is 2.36. The second-order valence-corrected chi connectivity index (χ2v) is 5.97. The summed E-state index contributed by atoms with van der Waals surface area (Å²) in [4.78, 5) is 1.36. The number of allylic oxidation sites excluding steroid dienone is 1. The zero-order valence-electron chi connectivity index (χ0n) is 11.8. The summed E-state index contributed by atoms with van der Waals surface area (Å²) in [6.07, 6.45) is 2.27. The second kappa shape index (κ2) is 8.39. The van der Waals surface area contributed by atoms with E-state index in [2.05, 4.69) is 56.9 Å². The van der Waals surface area contributed by atoms with Crippen molar-refractivity contribution in [1.82, 2.24) is 5.32 Å². The van der Waals surface area contributed by atoms with Crippen LogP contribution in [0.15, 0.2) is 41.3 Å². The molecule has 0 heterocycles. The molecule has 1 aromatic rings. The molecule has 2 heteroatoms. The van der Waals surface area contributed by atoms with Crippen LogP contribution in [0.2, 0.25) is 0 Å². The minimum absolute atomic E-state index is 0.437. The third-order valence-electron chi connectivity index (χ3n) is 2.86. The molecule has 0 saturated carbocycles. The van der Waals surface area contributed by atoms with E-state index in [1.54, 1.807) is 0 Å². The summed E-state index contributed by atoms with van der Waals surface area (Å²) in [5.41, 5.74) is 2.64. The fraction of sp³-hybridized carbons (Fsp3) is 0.500. The third-order valence-corrected chi connectivity index (χ3v) is 3.85. The highest BCUT2D eigenvalue weighted by Crippen LogP contribution is 2.23. The Kier molecular flexibility index (Phi) is 7.14. The molecule has 0 aliphatic rings. The van der Waals surface area contributed by atoms with Gasteiger partial charge in [-0.15, -0.1) is 18.3 Å². The summed E-state index contributed by atoms with van der Waals surface area (Å²) in [6, 6.07) is 9.29. The molecule has 1 unspecified atom stereocenters. The molecule has 0 aliphatic carbocycles. The van der Waals surface area contributed by atoms with E-state index in [4.69, 9.17) is 0 Å². The molecular weight excluding hydrogens is 238 g/mol. The van der Waals surface area contributed by atoms with Crippen LogP contribution in [-0.4, -0.2) is 12.3 Å². The standard InChI is InChI=1S/C16H25NS/c1-5-10-17-14(4)15-7-6-8-16(12-15)18-11-9-13(2)3/h6-8,12,14,17H,2,5,9-11H2,1,3-4H3. The van der Waals surface area contributed by atoms with Crippen molar-refractivity contribution in [3.05, 3.63) is 42.0 Å². The summed E-state index contributed by atoms with van der Waals surface area (Å²) in [5.74, 6) is 1.12. The van der Waals surface area contributed by atoms with Gasteiger partial charge in [0.1, 0.15) is 0 Å². The minimum Gasteiger partial charge on any atom is -0.310 e. The number of hydrogen-bond donors (Lipinski definition) is 1. The molecular formula is C16H25NS. The van der Waals surface area contributed by atoms with Crippen LogP contribution in [0.5, 0.6) is 0 Å². The van der Waals surface area contributed by atoms with Crippen molar-refractivity contribution < 1.29 is 0 Å². The maximum absolute atomic E-state index is 3.94. The van der Waals surface area contributed by atoms with Gasteiger partial charge in [-0.3, -0.25) is 0 Å². The van der Waals surface area contributed by atoms with Gasteiger partial charge >= 0.3 is 0 Å². The van der Waals surface area contributed by atoms with E-state index in [0.29, 0.717) is 6.04 Å². The van der Waals surface area contributed by atoms with Crippen LogP contribution in [0.1, 0.15) is 45.2 Å². The first-order valence-corrected chi connectivity index (χ1v) is 7.72. The molecule has 1 rings (SSSR count). The molecule has 0 spiro atoms. The highest BCUT2D eigenvalue weighted by Gasteiger charge is 2.04. The molecule has 0 aliphatic heterocycles. The molecule has 0 bridgehead atoms. The molecule has 1 atom stereocenters. The summed E-state index contributed by atoms with van der Waals surface area (Å²) in [7, 11) is 0. The molecule has 1 nitrogen and oxygen atoms in total. The van der Waals surface area contributed by atoms with Crippen LogP contribution >= 0.6 is 11.8 Å². The molecule has 0 fully saturated rings. The molecule has 0 saturated heterocycles. The van der Waals surface area contributed by atoms with Gasteiger partial charge in [-0.2, -0.15) is 0 Å². The van der Waals surface area contributed by atoms with E-state index in [1.807, 2.05) is 11.8 Å². The van der Waals surface area contributed by atoms with E-state index in [9.17, 15) is 0 Å². The Morgan fingerprint density at radius 3 is 2.89 bits per heavy atom. The topological polar surface area (TPSA) is 12.0 Å². The Balaban J connectivity index is 2.53. The van der Waals surface area contributed by atoms with E-state index >= 15 is 0 Å². The highest BCUT2D eigenvalue weighted by molar-refractivity contribution is 7.99. The van der Waals surface area contributed by atoms with E-state index in [0.717, 1.165) is 18.7 Å². The molecule has 1 N–H and O–H groups in total. The Morgan fingerprint density at radius 2 is 2.22 bits per heavy atom. The summed E-state index contributed by atoms with van der Waals surface area (Å²) >= 11 is 1.92. The van der Waals surface area contributed by atoms with Gasteiger partial charge in [-0.05, 0) is 50.9 Å². The van der Waals surface area contributed by atoms with Crippen molar-refractivity contribution in [3.63, 3.8) is 0 Å². The predicted octanol–water partition coefficient (Wildman–Crippen LogP) is 4.81. The summed E-state index contributed by atoms with van der Waals surface area (Å²) in [5, 5.41) is 3.53. The van der Waals surface area contributed by atoms with Crippen molar-refractivity contribution in [1.29, 1.82) is 0 Å². The average molecular weight is 263 g/mol. The lowest BCUT2D eigenvalue weighted by molar-refractivity contribution is 0.570. The van der Waals surface area contributed by atoms with Gasteiger partial charge in [0, 0.05) is 16.7 Å². The first kappa shape index (κ1) is 15.3. The smallest absolute Gasteiger partial charge is 0.0292 e. The Labute approximate surface area is 116 Å². The van der Waals surface area contributed by atoms with Crippen LogP contribution in [0.3, 0.4) is 0 Å². The number of benzene rings is 1. The molecule has 1 aromatic carbocycles. The lowest BCUT2D eigenvalue weighted by Crippen LogP contribution is -2.19. The van der Waals surface area contributed by atoms with Crippen molar-refractivity contribution in [2.75, 3.05) is 12.3 Å². The van der Waals surface area contributed by atoms with Crippen LogP contribution in [0, 0.1) is 0 Å². The highest BCUT2D eigenvalue weighted by atomic mass is 32.2. The van der Waals surface area contributed by atoms with Gasteiger partial charge in [0.25, 0.3) is 0 Å². The summed E-state index contributed by atoms with van der Waals surface area (Å²) in [6.45, 7) is 11.5. The van der Waals surface area contributed by atoms with Crippen LogP contribution in [0.4, 0.5) is 0 Å². The monoisotopic (exact) mass is 263 g/mol. The lowest BCUT2D eigenvalue weighted by Gasteiger charge is -2.14. The molecule has 100 valence electrons. The molecule has 18 heavy (non-hydrogen) atoms. The Hall–Kier alpha value is -0.730. The SMILES string of the molecule is C=C(C)CCSc1cccc(C(C)NCCC)c1. The van der Waals surface area contributed by atoms with E-state index in [-0.39, 0.29) is 0 Å². The van der Waals surface area contributed by atoms with Gasteiger partial charge in [-0.1, -0.05) is 24.6 Å². The van der Waals surface area contributed by atoms with Gasteiger partial charge in [0.05, 0.1) is 0 Å². The third kappa shape index (κ3) is 5.74. The summed E-state index contributed by atoms with van der Waals surface area (Å²) < 4.78 is 0. The lowest BCUT2D eigenvalue weighted by atomic mass is 10.1. The number of hydrogen-bond acceptors (Lipinski definition) is 2. The fourth-order valence-electron chi connectivity index (χ4n) is 1.70. The number of thioether (sulfide) groups is 1. The van der Waals surface area contributed by atoms with Crippen molar-refractivity contribution in [2.45, 2.75) is 44.6 Å². The van der Waals surface area contributed by atoms with Crippen LogP contribution in [0.25, 0.3) is 0 Å². The van der Waals surface area contributed by atoms with Crippen LogP contribution < -0.4 is 5.32 Å². The first-order valence-electron chi connectivity index (χ1n) is 6.74. The second-order valence-electron chi connectivity index (χ2n) is 4.80. The Bertz CT molecular complexity index is 373. The van der Waals surface area contributed by atoms with Crippen molar-refractivity contribution in [3.8, 4) is 0 Å². The number of nitrogens with one attached hydrogen (secondary N) is 1. The molecule has 0 aromatic heterocycles. The minimum atomic E-state index is 0.437. The van der Waals surface area contributed by atoms with Gasteiger partial charge in [0.2, 0.25) is 0 Å². The maximum Gasteiger partial charge on any atom is 0.0292 e. The first-order chi connectivity index (χ1) is 8.63. The fourth-order valence-corrected chi connectivity index (χ4v) is 2.78. The zero-order chi connectivity index (χ0) is 13.4.